The van der Waals surface area contributed by atoms with Crippen molar-refractivity contribution in [1.82, 2.24) is 24.8 Å². The number of aryl methyl sites for hydroxylation is 1. The first-order valence-electron chi connectivity index (χ1n) is 8.32. The molecule has 2 aromatic rings. The highest BCUT2D eigenvalue weighted by Crippen LogP contribution is 2.17. The molecule has 1 amide bonds. The van der Waals surface area contributed by atoms with E-state index in [0.29, 0.717) is 5.82 Å². The third-order valence-electron chi connectivity index (χ3n) is 4.34. The molecule has 4 atom stereocenters. The van der Waals surface area contributed by atoms with Crippen molar-refractivity contribution in [2.45, 2.75) is 37.8 Å². The molecule has 0 unspecified atom stereocenters. The minimum atomic E-state index is -1.40. The topological polar surface area (TPSA) is 159 Å². The van der Waals surface area contributed by atoms with Crippen LogP contribution in [0.1, 0.15) is 16.2 Å². The maximum absolute atomic E-state index is 12.2. The van der Waals surface area contributed by atoms with Gasteiger partial charge in [0.05, 0.1) is 24.8 Å². The number of hydrogen-bond donors (Lipinski definition) is 4. The number of halogens is 1. The fraction of sp³-hybridized carbons (Fsp3) is 0.438. The fourth-order valence-corrected chi connectivity index (χ4v) is 2.91. The summed E-state index contributed by atoms with van der Waals surface area (Å²) >= 11 is 5.70. The summed E-state index contributed by atoms with van der Waals surface area (Å²) in [5.74, 6) is -0.0182. The van der Waals surface area contributed by atoms with E-state index >= 15 is 0 Å². The van der Waals surface area contributed by atoms with Gasteiger partial charge in [0.2, 0.25) is 0 Å². The summed E-state index contributed by atoms with van der Waals surface area (Å²) in [6, 6.07) is -0.879. The summed E-state index contributed by atoms with van der Waals surface area (Å²) in [6.45, 7) is 1.42. The van der Waals surface area contributed by atoms with Crippen LogP contribution in [0.2, 0.25) is 5.02 Å². The van der Waals surface area contributed by atoms with Crippen LogP contribution in [-0.4, -0.2) is 66.6 Å². The Kier molecular flexibility index (Phi) is 5.89. The number of nitrogens with one attached hydrogen (secondary N) is 2. The van der Waals surface area contributed by atoms with E-state index in [2.05, 4.69) is 15.3 Å². The molecular weight excluding hydrogens is 394 g/mol. The normalized spacial score (nSPS) is 24.7. The Hall–Kier alpha value is -2.60. The largest absolute Gasteiger partial charge is 0.388 e. The number of aromatic nitrogens is 4. The summed E-state index contributed by atoms with van der Waals surface area (Å²) in [6.07, 6.45) is 0.120. The Bertz CT molecular complexity index is 975. The zero-order chi connectivity index (χ0) is 20.4. The maximum atomic E-state index is 12.2. The second-order valence-corrected chi connectivity index (χ2v) is 6.75. The summed E-state index contributed by atoms with van der Waals surface area (Å²) in [4.78, 5) is 45.2. The average Bonchev–Trinajstić information content (AvgIpc) is 2.66. The Morgan fingerprint density at radius 2 is 2.04 bits per heavy atom. The van der Waals surface area contributed by atoms with Crippen LogP contribution in [0.15, 0.2) is 28.2 Å². The van der Waals surface area contributed by atoms with Gasteiger partial charge in [-0.05, 0) is 6.92 Å². The van der Waals surface area contributed by atoms with Crippen LogP contribution < -0.4 is 16.6 Å². The molecule has 0 radical (unpaired) electrons. The number of rotatable bonds is 4. The lowest BCUT2D eigenvalue weighted by Gasteiger charge is -2.38. The zero-order valence-electron chi connectivity index (χ0n) is 14.7. The highest BCUT2D eigenvalue weighted by atomic mass is 35.5. The second-order valence-electron chi connectivity index (χ2n) is 6.34. The Balaban J connectivity index is 1.66. The van der Waals surface area contributed by atoms with Crippen molar-refractivity contribution in [3.8, 4) is 0 Å². The van der Waals surface area contributed by atoms with Crippen molar-refractivity contribution < 1.29 is 19.7 Å². The number of ether oxygens (including phenoxy) is 1. The van der Waals surface area contributed by atoms with E-state index in [1.54, 1.807) is 6.92 Å². The second kappa shape index (κ2) is 8.19. The summed E-state index contributed by atoms with van der Waals surface area (Å²) in [5, 5.41) is 23.0. The molecule has 1 aliphatic heterocycles. The fourth-order valence-electron chi connectivity index (χ4n) is 2.74. The minimum Gasteiger partial charge on any atom is -0.388 e. The van der Waals surface area contributed by atoms with Crippen LogP contribution in [0.5, 0.6) is 0 Å². The SMILES string of the molecule is Cc1ncc(C(=O)N[C@@H]2CO[C@H](Cn3cc(Cl)c(=O)[nH]c3=O)[C@@H](O)[C@H]2O)cn1. The number of carbonyl (C=O) groups is 1. The summed E-state index contributed by atoms with van der Waals surface area (Å²) < 4.78 is 6.57. The number of hydrogen-bond acceptors (Lipinski definition) is 8. The molecule has 0 spiro atoms. The monoisotopic (exact) mass is 411 g/mol. The zero-order valence-corrected chi connectivity index (χ0v) is 15.5. The van der Waals surface area contributed by atoms with E-state index < -0.39 is 41.5 Å². The smallest absolute Gasteiger partial charge is 0.328 e. The van der Waals surface area contributed by atoms with Crippen molar-refractivity contribution in [2.24, 2.45) is 0 Å². The quantitative estimate of drug-likeness (QED) is 0.459. The molecule has 3 heterocycles. The predicted molar refractivity (Wildman–Crippen MR) is 96.1 cm³/mol. The molecule has 4 N–H and O–H groups in total. The van der Waals surface area contributed by atoms with E-state index in [0.717, 1.165) is 10.8 Å². The van der Waals surface area contributed by atoms with Crippen LogP contribution in [0, 0.1) is 6.92 Å². The minimum absolute atomic E-state index is 0.104. The van der Waals surface area contributed by atoms with Gasteiger partial charge in [-0.15, -0.1) is 0 Å². The highest BCUT2D eigenvalue weighted by Gasteiger charge is 2.39. The molecule has 12 heteroatoms. The van der Waals surface area contributed by atoms with Crippen LogP contribution >= 0.6 is 11.6 Å². The lowest BCUT2D eigenvalue weighted by Crippen LogP contribution is -2.60. The number of aromatic amines is 1. The molecule has 0 saturated carbocycles. The van der Waals surface area contributed by atoms with Gasteiger partial charge >= 0.3 is 5.69 Å². The Morgan fingerprint density at radius 3 is 2.71 bits per heavy atom. The molecule has 11 nitrogen and oxygen atoms in total. The van der Waals surface area contributed by atoms with Crippen molar-refractivity contribution in [3.63, 3.8) is 0 Å². The first-order valence-corrected chi connectivity index (χ1v) is 8.70. The van der Waals surface area contributed by atoms with Crippen LogP contribution in [0.25, 0.3) is 0 Å². The molecule has 0 bridgehead atoms. The lowest BCUT2D eigenvalue weighted by molar-refractivity contribution is -0.152. The van der Waals surface area contributed by atoms with Crippen molar-refractivity contribution in [2.75, 3.05) is 6.61 Å². The number of aliphatic hydroxyl groups is 2. The van der Waals surface area contributed by atoms with Crippen molar-refractivity contribution in [3.05, 3.63) is 55.8 Å². The lowest BCUT2D eigenvalue weighted by atomic mass is 9.97. The summed E-state index contributed by atoms with van der Waals surface area (Å²) in [5.41, 5.74) is -1.26. The van der Waals surface area contributed by atoms with Crippen molar-refractivity contribution >= 4 is 17.5 Å². The number of nitrogens with zero attached hydrogens (tertiary/aromatic N) is 3. The van der Waals surface area contributed by atoms with Gasteiger partial charge in [0.1, 0.15) is 29.2 Å². The number of aliphatic hydroxyl groups excluding tert-OH is 2. The number of amides is 1. The molecule has 2 aromatic heterocycles. The van der Waals surface area contributed by atoms with E-state index in [-0.39, 0.29) is 23.7 Å². The number of H-pyrrole nitrogens is 1. The van der Waals surface area contributed by atoms with Gasteiger partial charge < -0.3 is 20.3 Å². The molecule has 0 aliphatic carbocycles. The van der Waals surface area contributed by atoms with E-state index in [1.807, 2.05) is 4.98 Å². The van der Waals surface area contributed by atoms with Gasteiger partial charge in [0.25, 0.3) is 11.5 Å². The molecule has 28 heavy (non-hydrogen) atoms. The van der Waals surface area contributed by atoms with Gasteiger partial charge in [0.15, 0.2) is 0 Å². The standard InChI is InChI=1S/C16H18ClN5O6/c1-7-18-2-8(3-19-7)14(25)20-10-6-28-11(13(24)12(10)23)5-22-4-9(17)15(26)21-16(22)27/h2-4,10-13,23-24H,5-6H2,1H3,(H,20,25)(H,21,26,27)/t10-,11-,12+,13-/m1/s1. The number of carbonyl (C=O) groups excluding carboxylic acids is 1. The molecule has 0 aromatic carbocycles. The van der Waals surface area contributed by atoms with Gasteiger partial charge in [-0.2, -0.15) is 0 Å². The van der Waals surface area contributed by atoms with Gasteiger partial charge in [-0.1, -0.05) is 11.6 Å². The molecule has 1 saturated heterocycles. The Labute approximate surface area is 163 Å². The Morgan fingerprint density at radius 1 is 1.36 bits per heavy atom. The molecular formula is C16H18ClN5O6. The van der Waals surface area contributed by atoms with Crippen LogP contribution in [-0.2, 0) is 11.3 Å². The highest BCUT2D eigenvalue weighted by molar-refractivity contribution is 6.30. The first-order chi connectivity index (χ1) is 13.3. The van der Waals surface area contributed by atoms with Gasteiger partial charge in [0, 0.05) is 18.6 Å². The molecule has 3 rings (SSSR count). The summed E-state index contributed by atoms with van der Waals surface area (Å²) in [7, 11) is 0. The predicted octanol–water partition coefficient (Wildman–Crippen LogP) is -1.79. The third kappa shape index (κ3) is 4.28. The first kappa shape index (κ1) is 20.1. The van der Waals surface area contributed by atoms with E-state index in [1.165, 1.54) is 12.4 Å². The third-order valence-corrected chi connectivity index (χ3v) is 4.61. The molecule has 150 valence electrons. The maximum Gasteiger partial charge on any atom is 0.328 e. The van der Waals surface area contributed by atoms with Crippen LogP contribution in [0.4, 0.5) is 0 Å². The molecule has 1 fully saturated rings. The van der Waals surface area contributed by atoms with Gasteiger partial charge in [-0.25, -0.2) is 14.8 Å². The molecule has 1 aliphatic rings. The van der Waals surface area contributed by atoms with Crippen molar-refractivity contribution in [1.29, 1.82) is 0 Å². The average molecular weight is 412 g/mol. The van der Waals surface area contributed by atoms with E-state index in [4.69, 9.17) is 16.3 Å². The van der Waals surface area contributed by atoms with Crippen LogP contribution in [0.3, 0.4) is 0 Å². The van der Waals surface area contributed by atoms with E-state index in [9.17, 15) is 24.6 Å². The van der Waals surface area contributed by atoms with Gasteiger partial charge in [-0.3, -0.25) is 19.1 Å².